The van der Waals surface area contributed by atoms with E-state index in [1.165, 1.54) is 5.56 Å². The smallest absolute Gasteiger partial charge is 0.0884 e. The van der Waals surface area contributed by atoms with Gasteiger partial charge in [0.15, 0.2) is 0 Å². The van der Waals surface area contributed by atoms with Gasteiger partial charge in [-0.15, -0.1) is 0 Å². The van der Waals surface area contributed by atoms with Gasteiger partial charge in [-0.2, -0.15) is 20.5 Å². The lowest BCUT2D eigenvalue weighted by molar-refractivity contribution is 0.803. The Bertz CT molecular complexity index is 523. The summed E-state index contributed by atoms with van der Waals surface area (Å²) in [5.74, 6) is 0.489. The van der Waals surface area contributed by atoms with E-state index in [-0.39, 0.29) is 0 Å². The molecule has 0 aliphatic heterocycles. The first kappa shape index (κ1) is 10.0. The highest BCUT2D eigenvalue weighted by Gasteiger charge is 2.12. The van der Waals surface area contributed by atoms with Gasteiger partial charge >= 0.3 is 0 Å². The van der Waals surface area contributed by atoms with Crippen LogP contribution in [-0.4, -0.2) is 25.6 Å². The zero-order valence-corrected chi connectivity index (χ0v) is 9.30. The molecule has 3 rings (SSSR count). The van der Waals surface area contributed by atoms with Crippen molar-refractivity contribution in [2.24, 2.45) is 5.92 Å². The molecule has 0 fully saturated rings. The van der Waals surface area contributed by atoms with Crippen LogP contribution < -0.4 is 0 Å². The molecule has 0 atom stereocenters. The maximum Gasteiger partial charge on any atom is 0.0884 e. The van der Waals surface area contributed by atoms with Crippen LogP contribution in [0.5, 0.6) is 0 Å². The zero-order chi connectivity index (χ0) is 11.5. The summed E-state index contributed by atoms with van der Waals surface area (Å²) >= 11 is 0. The Kier molecular flexibility index (Phi) is 2.57. The maximum absolute atomic E-state index is 4.11. The molecule has 5 nitrogen and oxygen atoms in total. The van der Waals surface area contributed by atoms with E-state index in [9.17, 15) is 0 Å². The molecule has 5 heteroatoms. The number of allylic oxidation sites excluding steroid dienone is 4. The molecule has 0 amide bonds. The second-order valence-corrected chi connectivity index (χ2v) is 4.15. The lowest BCUT2D eigenvalue weighted by Gasteiger charge is -2.05. The van der Waals surface area contributed by atoms with E-state index in [0.717, 1.165) is 24.2 Å². The molecule has 2 N–H and O–H groups in total. The van der Waals surface area contributed by atoms with Crippen LogP contribution in [0.2, 0.25) is 0 Å². The number of H-pyrrole nitrogens is 2. The van der Waals surface area contributed by atoms with Crippen LogP contribution in [0.3, 0.4) is 0 Å². The van der Waals surface area contributed by atoms with Crippen molar-refractivity contribution in [2.75, 3.05) is 0 Å². The van der Waals surface area contributed by atoms with Crippen molar-refractivity contribution >= 4 is 0 Å². The van der Waals surface area contributed by atoms with Crippen molar-refractivity contribution in [3.8, 4) is 0 Å². The molecule has 86 valence electrons. The van der Waals surface area contributed by atoms with Crippen molar-refractivity contribution in [1.82, 2.24) is 25.6 Å². The monoisotopic (exact) mass is 227 g/mol. The highest BCUT2D eigenvalue weighted by molar-refractivity contribution is 5.26. The number of nitrogens with zero attached hydrogens (tertiary/aromatic N) is 3. The molecule has 0 radical (unpaired) electrons. The highest BCUT2D eigenvalue weighted by Crippen LogP contribution is 2.18. The fourth-order valence-electron chi connectivity index (χ4n) is 2.03. The first-order valence-corrected chi connectivity index (χ1v) is 5.62. The number of aromatic amines is 2. The third-order valence-corrected chi connectivity index (χ3v) is 2.91. The number of rotatable bonds is 4. The van der Waals surface area contributed by atoms with Gasteiger partial charge in [0.2, 0.25) is 0 Å². The number of hydrogen-bond donors (Lipinski definition) is 2. The van der Waals surface area contributed by atoms with Gasteiger partial charge in [-0.3, -0.25) is 5.10 Å². The van der Waals surface area contributed by atoms with E-state index >= 15 is 0 Å². The van der Waals surface area contributed by atoms with Crippen LogP contribution in [0.1, 0.15) is 17.0 Å². The molecule has 17 heavy (non-hydrogen) atoms. The summed E-state index contributed by atoms with van der Waals surface area (Å²) in [7, 11) is 0. The molecule has 0 saturated carbocycles. The SMILES string of the molecule is C1=CC(Cc2cn[nH]c2Cc2cn[nH]n2)C=C1. The number of aromatic nitrogens is 5. The first-order valence-electron chi connectivity index (χ1n) is 5.62. The van der Waals surface area contributed by atoms with Gasteiger partial charge in [-0.25, -0.2) is 0 Å². The lowest BCUT2D eigenvalue weighted by Crippen LogP contribution is -2.00. The quantitative estimate of drug-likeness (QED) is 0.829. The van der Waals surface area contributed by atoms with Gasteiger partial charge < -0.3 is 0 Å². The van der Waals surface area contributed by atoms with Gasteiger partial charge in [-0.05, 0) is 17.9 Å². The minimum atomic E-state index is 0.489. The Morgan fingerprint density at radius 3 is 2.76 bits per heavy atom. The second-order valence-electron chi connectivity index (χ2n) is 4.15. The van der Waals surface area contributed by atoms with Gasteiger partial charge in [0.05, 0.1) is 18.1 Å². The molecule has 0 aromatic carbocycles. The van der Waals surface area contributed by atoms with Crippen molar-refractivity contribution in [1.29, 1.82) is 0 Å². The summed E-state index contributed by atoms with van der Waals surface area (Å²) in [6, 6.07) is 0. The average molecular weight is 227 g/mol. The summed E-state index contributed by atoms with van der Waals surface area (Å²) in [5, 5.41) is 17.6. The molecule has 1 aliphatic rings. The minimum absolute atomic E-state index is 0.489. The van der Waals surface area contributed by atoms with Gasteiger partial charge in [0.1, 0.15) is 0 Å². The zero-order valence-electron chi connectivity index (χ0n) is 9.30. The van der Waals surface area contributed by atoms with E-state index in [1.54, 1.807) is 6.20 Å². The Morgan fingerprint density at radius 1 is 1.12 bits per heavy atom. The molecule has 0 bridgehead atoms. The lowest BCUT2D eigenvalue weighted by atomic mass is 10.00. The maximum atomic E-state index is 4.11. The largest absolute Gasteiger partial charge is 0.282 e. The summed E-state index contributed by atoms with van der Waals surface area (Å²) in [4.78, 5) is 0. The first-order chi connectivity index (χ1) is 8.42. The molecular formula is C12H13N5. The molecule has 2 heterocycles. The van der Waals surface area contributed by atoms with E-state index in [2.05, 4.69) is 49.9 Å². The van der Waals surface area contributed by atoms with Crippen molar-refractivity contribution < 1.29 is 0 Å². The van der Waals surface area contributed by atoms with Gasteiger partial charge in [0.25, 0.3) is 0 Å². The average Bonchev–Trinajstić information content (AvgIpc) is 3.04. The fraction of sp³-hybridized carbons (Fsp3) is 0.250. The van der Waals surface area contributed by atoms with Crippen LogP contribution in [0, 0.1) is 5.92 Å². The molecule has 0 spiro atoms. The van der Waals surface area contributed by atoms with E-state index in [4.69, 9.17) is 0 Å². The van der Waals surface area contributed by atoms with Crippen LogP contribution >= 0.6 is 0 Å². The predicted octanol–water partition coefficient (Wildman–Crippen LogP) is 1.40. The molecule has 1 aliphatic carbocycles. The van der Waals surface area contributed by atoms with Crippen molar-refractivity contribution in [3.63, 3.8) is 0 Å². The summed E-state index contributed by atoms with van der Waals surface area (Å²) in [6.07, 6.45) is 13.9. The summed E-state index contributed by atoms with van der Waals surface area (Å²) < 4.78 is 0. The number of hydrogen-bond acceptors (Lipinski definition) is 3. The minimum Gasteiger partial charge on any atom is -0.282 e. The molecule has 0 saturated heterocycles. The standard InChI is InChI=1S/C12H13N5/c1-2-4-9(3-1)5-10-7-13-16-12(10)6-11-8-14-17-15-11/h1-4,7-9H,5-6H2,(H,13,16)(H,14,15,17). The third-order valence-electron chi connectivity index (χ3n) is 2.91. The normalized spacial score (nSPS) is 14.8. The molecule has 0 unspecified atom stereocenters. The summed E-state index contributed by atoms with van der Waals surface area (Å²) in [6.45, 7) is 0. The fourth-order valence-corrected chi connectivity index (χ4v) is 2.03. The second kappa shape index (κ2) is 4.37. The van der Waals surface area contributed by atoms with Gasteiger partial charge in [-0.1, -0.05) is 24.3 Å². The Balaban J connectivity index is 1.74. The van der Waals surface area contributed by atoms with Crippen LogP contribution in [0.25, 0.3) is 0 Å². The van der Waals surface area contributed by atoms with E-state index in [0.29, 0.717) is 5.92 Å². The van der Waals surface area contributed by atoms with Crippen LogP contribution in [0.15, 0.2) is 36.7 Å². The topological polar surface area (TPSA) is 70.2 Å². The highest BCUT2D eigenvalue weighted by atomic mass is 15.3. The van der Waals surface area contributed by atoms with Crippen molar-refractivity contribution in [2.45, 2.75) is 12.8 Å². The molecule has 2 aromatic rings. The summed E-state index contributed by atoms with van der Waals surface area (Å²) in [5.41, 5.74) is 3.29. The van der Waals surface area contributed by atoms with Gasteiger partial charge in [0, 0.05) is 12.1 Å². The van der Waals surface area contributed by atoms with E-state index in [1.807, 2.05) is 6.20 Å². The van der Waals surface area contributed by atoms with Crippen LogP contribution in [0.4, 0.5) is 0 Å². The Morgan fingerprint density at radius 2 is 2.00 bits per heavy atom. The van der Waals surface area contributed by atoms with Crippen LogP contribution in [-0.2, 0) is 12.8 Å². The molecular weight excluding hydrogens is 214 g/mol. The Labute approximate surface area is 98.6 Å². The number of nitrogens with one attached hydrogen (secondary N) is 2. The van der Waals surface area contributed by atoms with E-state index < -0.39 is 0 Å². The molecule has 2 aromatic heterocycles. The Hall–Kier alpha value is -2.17. The third kappa shape index (κ3) is 2.18. The predicted molar refractivity (Wildman–Crippen MR) is 63.3 cm³/mol. The van der Waals surface area contributed by atoms with Crippen molar-refractivity contribution in [3.05, 3.63) is 53.6 Å².